The first-order valence-corrected chi connectivity index (χ1v) is 13.5. The number of carboxylic acids is 1. The highest BCUT2D eigenvalue weighted by Crippen LogP contribution is 2.46. The van der Waals surface area contributed by atoms with Gasteiger partial charge in [0.2, 0.25) is 0 Å². The van der Waals surface area contributed by atoms with E-state index in [-0.39, 0.29) is 18.1 Å². The van der Waals surface area contributed by atoms with Crippen molar-refractivity contribution in [1.29, 1.82) is 0 Å². The summed E-state index contributed by atoms with van der Waals surface area (Å²) in [4.78, 5) is 25.8. The molecule has 0 aliphatic carbocycles. The highest BCUT2D eigenvalue weighted by molar-refractivity contribution is 6.00. The smallest absolute Gasteiger partial charge is 0.306 e. The van der Waals surface area contributed by atoms with Crippen molar-refractivity contribution in [1.82, 2.24) is 4.90 Å². The number of ether oxygens (including phenoxy) is 1. The Bertz CT molecular complexity index is 1070. The minimum atomic E-state index is -0.825. The first-order valence-electron chi connectivity index (χ1n) is 13.5. The van der Waals surface area contributed by atoms with Crippen LogP contribution in [0.4, 0.5) is 0 Å². The second-order valence-corrected chi connectivity index (χ2v) is 11.2. The molecule has 204 valence electrons. The van der Waals surface area contributed by atoms with E-state index >= 15 is 0 Å². The minimum absolute atomic E-state index is 0.0182. The predicted molar refractivity (Wildman–Crippen MR) is 144 cm³/mol. The Kier molecular flexibility index (Phi) is 9.46. The molecule has 0 fully saturated rings. The Labute approximate surface area is 220 Å². The van der Waals surface area contributed by atoms with E-state index in [2.05, 4.69) is 32.9 Å². The van der Waals surface area contributed by atoms with Crippen molar-refractivity contribution in [3.8, 4) is 11.5 Å². The van der Waals surface area contributed by atoms with Crippen LogP contribution < -0.4 is 4.74 Å². The third-order valence-electron chi connectivity index (χ3n) is 7.73. The van der Waals surface area contributed by atoms with E-state index in [9.17, 15) is 19.8 Å². The Balaban J connectivity index is 1.68. The molecule has 2 aliphatic heterocycles. The Morgan fingerprint density at radius 2 is 1.95 bits per heavy atom. The number of hydrogen-bond donors (Lipinski definition) is 3. The lowest BCUT2D eigenvalue weighted by atomic mass is 9.84. The normalized spacial score (nSPS) is 21.8. The van der Waals surface area contributed by atoms with Gasteiger partial charge < -0.3 is 25.0 Å². The van der Waals surface area contributed by atoms with E-state index in [1.54, 1.807) is 11.8 Å². The highest BCUT2D eigenvalue weighted by Gasteiger charge is 2.44. The van der Waals surface area contributed by atoms with E-state index in [0.29, 0.717) is 49.2 Å². The van der Waals surface area contributed by atoms with Gasteiger partial charge in [0, 0.05) is 24.1 Å². The van der Waals surface area contributed by atoms with Crippen LogP contribution >= 0.6 is 0 Å². The number of carboxylic acid groups (broad SMARTS) is 1. The summed E-state index contributed by atoms with van der Waals surface area (Å²) in [6.45, 7) is 10.8. The number of aromatic hydroxyl groups is 1. The maximum absolute atomic E-state index is 13.1. The molecule has 0 saturated heterocycles. The standard InChI is InChI=1S/C30H43NO6/c1-19(2)10-8-11-20(3)12-9-14-30(5)26(33)17-23-25(32)16-22-24(27(23)37-30)18-31(28(22)34)15-7-6-13-21(4)29(35)36/h10,12,16,21,26,32-33H,6-9,11,13-15,17-18H2,1-5H3,(H,35,36)/t21-,26-,30-/m0/s1. The molecule has 1 amide bonds. The lowest BCUT2D eigenvalue weighted by Gasteiger charge is -2.40. The first-order chi connectivity index (χ1) is 17.4. The van der Waals surface area contributed by atoms with Crippen molar-refractivity contribution < 1.29 is 29.6 Å². The molecule has 2 heterocycles. The van der Waals surface area contributed by atoms with E-state index in [0.717, 1.165) is 31.2 Å². The Morgan fingerprint density at radius 3 is 2.62 bits per heavy atom. The van der Waals surface area contributed by atoms with Gasteiger partial charge in [-0.15, -0.1) is 0 Å². The molecule has 7 heteroatoms. The SMILES string of the molecule is CC(C)=CCCC(C)=CCC[C@]1(C)Oc2c(c(O)cc3c2CN(CCCC[C@H](C)C(=O)O)C3=O)C[C@@H]1O. The van der Waals surface area contributed by atoms with Crippen LogP contribution in [0.5, 0.6) is 11.5 Å². The fourth-order valence-corrected chi connectivity index (χ4v) is 5.11. The molecule has 37 heavy (non-hydrogen) atoms. The van der Waals surface area contributed by atoms with Gasteiger partial charge in [-0.05, 0) is 72.3 Å². The summed E-state index contributed by atoms with van der Waals surface area (Å²) in [6.07, 6.45) is 9.36. The van der Waals surface area contributed by atoms with Crippen LogP contribution in [0.2, 0.25) is 0 Å². The minimum Gasteiger partial charge on any atom is -0.508 e. The third-order valence-corrected chi connectivity index (χ3v) is 7.73. The summed E-state index contributed by atoms with van der Waals surface area (Å²) >= 11 is 0. The number of nitrogens with zero attached hydrogens (tertiary/aromatic N) is 1. The number of benzene rings is 1. The number of unbranched alkanes of at least 4 members (excludes halogenated alkanes) is 1. The number of allylic oxidation sites excluding steroid dienone is 4. The number of aliphatic hydroxyl groups excluding tert-OH is 1. The second kappa shape index (κ2) is 12.2. The molecule has 0 spiro atoms. The lowest BCUT2D eigenvalue weighted by Crippen LogP contribution is -2.49. The van der Waals surface area contributed by atoms with Gasteiger partial charge in [-0.2, -0.15) is 0 Å². The maximum atomic E-state index is 13.1. The predicted octanol–water partition coefficient (Wildman–Crippen LogP) is 5.77. The largest absolute Gasteiger partial charge is 0.508 e. The second-order valence-electron chi connectivity index (χ2n) is 11.2. The number of fused-ring (bicyclic) bond motifs is 3. The van der Waals surface area contributed by atoms with Crippen molar-refractivity contribution in [2.24, 2.45) is 5.92 Å². The monoisotopic (exact) mass is 513 g/mol. The number of carbonyl (C=O) groups excluding carboxylic acids is 1. The summed E-state index contributed by atoms with van der Waals surface area (Å²) in [5, 5.41) is 30.7. The number of phenolic OH excluding ortho intramolecular Hbond substituents is 1. The third kappa shape index (κ3) is 6.95. The van der Waals surface area contributed by atoms with Gasteiger partial charge in [0.15, 0.2) is 0 Å². The Hall–Kier alpha value is -2.80. The van der Waals surface area contributed by atoms with Crippen LogP contribution in [0, 0.1) is 5.92 Å². The van der Waals surface area contributed by atoms with Crippen molar-refractivity contribution in [2.75, 3.05) is 6.54 Å². The quantitative estimate of drug-likeness (QED) is 0.242. The molecular weight excluding hydrogens is 470 g/mol. The molecule has 2 aliphatic rings. The fraction of sp³-hybridized carbons (Fsp3) is 0.600. The zero-order valence-electron chi connectivity index (χ0n) is 23.0. The Morgan fingerprint density at radius 1 is 1.22 bits per heavy atom. The van der Waals surface area contributed by atoms with Gasteiger partial charge >= 0.3 is 5.97 Å². The number of carbonyl (C=O) groups is 2. The van der Waals surface area contributed by atoms with E-state index < -0.39 is 23.6 Å². The van der Waals surface area contributed by atoms with E-state index in [1.807, 2.05) is 6.92 Å². The van der Waals surface area contributed by atoms with Crippen LogP contribution in [0.15, 0.2) is 29.4 Å². The summed E-state index contributed by atoms with van der Waals surface area (Å²) < 4.78 is 6.44. The van der Waals surface area contributed by atoms with Gasteiger partial charge in [-0.1, -0.05) is 36.6 Å². The molecule has 0 saturated carbocycles. The van der Waals surface area contributed by atoms with Gasteiger partial charge in [-0.25, -0.2) is 0 Å². The molecule has 1 aromatic rings. The molecule has 3 atom stereocenters. The van der Waals surface area contributed by atoms with E-state index in [4.69, 9.17) is 9.84 Å². The van der Waals surface area contributed by atoms with Gasteiger partial charge in [-0.3, -0.25) is 9.59 Å². The molecule has 3 N–H and O–H groups in total. The van der Waals surface area contributed by atoms with Gasteiger partial charge in [0.1, 0.15) is 17.1 Å². The van der Waals surface area contributed by atoms with Crippen LogP contribution in [-0.4, -0.2) is 50.3 Å². The topological polar surface area (TPSA) is 107 Å². The molecule has 7 nitrogen and oxygen atoms in total. The van der Waals surface area contributed by atoms with Crippen molar-refractivity contribution in [3.05, 3.63) is 46.1 Å². The van der Waals surface area contributed by atoms with Gasteiger partial charge in [0.05, 0.1) is 24.1 Å². The maximum Gasteiger partial charge on any atom is 0.306 e. The average molecular weight is 514 g/mol. The molecule has 0 unspecified atom stereocenters. The zero-order valence-corrected chi connectivity index (χ0v) is 23.0. The summed E-state index contributed by atoms with van der Waals surface area (Å²) in [5.74, 6) is -0.837. The molecule has 0 aromatic heterocycles. The van der Waals surface area contributed by atoms with E-state index in [1.165, 1.54) is 17.2 Å². The zero-order chi connectivity index (χ0) is 27.3. The van der Waals surface area contributed by atoms with Crippen molar-refractivity contribution in [3.63, 3.8) is 0 Å². The molecule has 3 rings (SSSR count). The molecule has 0 bridgehead atoms. The van der Waals surface area contributed by atoms with Crippen LogP contribution in [0.1, 0.15) is 101 Å². The van der Waals surface area contributed by atoms with Crippen LogP contribution in [0.25, 0.3) is 0 Å². The molecule has 0 radical (unpaired) electrons. The van der Waals surface area contributed by atoms with Crippen LogP contribution in [-0.2, 0) is 17.8 Å². The van der Waals surface area contributed by atoms with Crippen LogP contribution in [0.3, 0.4) is 0 Å². The average Bonchev–Trinajstić information content (AvgIpc) is 3.13. The number of phenols is 1. The van der Waals surface area contributed by atoms with Crippen molar-refractivity contribution >= 4 is 11.9 Å². The molecular formula is C30H43NO6. The number of hydrogen-bond acceptors (Lipinski definition) is 5. The first kappa shape index (κ1) is 28.8. The number of aliphatic carboxylic acids is 1. The lowest BCUT2D eigenvalue weighted by molar-refractivity contribution is -0.141. The highest BCUT2D eigenvalue weighted by atomic mass is 16.5. The summed E-state index contributed by atoms with van der Waals surface area (Å²) in [6, 6.07) is 1.50. The number of aliphatic hydroxyl groups is 1. The fourth-order valence-electron chi connectivity index (χ4n) is 5.11. The number of rotatable bonds is 12. The van der Waals surface area contributed by atoms with Crippen molar-refractivity contribution in [2.45, 2.75) is 104 Å². The molecule has 1 aromatic carbocycles. The number of amides is 1. The summed E-state index contributed by atoms with van der Waals surface area (Å²) in [7, 11) is 0. The van der Waals surface area contributed by atoms with Gasteiger partial charge in [0.25, 0.3) is 5.91 Å². The summed E-state index contributed by atoms with van der Waals surface area (Å²) in [5.41, 5.74) is 3.58.